The molecule has 0 heterocycles. The zero-order valence-corrected chi connectivity index (χ0v) is 11.6. The van der Waals surface area contributed by atoms with Crippen molar-refractivity contribution in [2.75, 3.05) is 19.8 Å². The van der Waals surface area contributed by atoms with Crippen LogP contribution in [-0.2, 0) is 15.9 Å². The average molecular weight is 252 g/mol. The van der Waals surface area contributed by atoms with Crippen LogP contribution in [0.2, 0.25) is 0 Å². The van der Waals surface area contributed by atoms with Gasteiger partial charge in [-0.25, -0.2) is 0 Å². The lowest BCUT2D eigenvalue weighted by Gasteiger charge is -2.16. The highest BCUT2D eigenvalue weighted by Crippen LogP contribution is 2.15. The molecule has 1 N–H and O–H groups in total. The van der Waals surface area contributed by atoms with Crippen molar-refractivity contribution in [3.63, 3.8) is 0 Å². The van der Waals surface area contributed by atoms with Crippen LogP contribution in [0.15, 0.2) is 24.3 Å². The number of aryl methyl sites for hydroxylation is 1. The fourth-order valence-corrected chi connectivity index (χ4v) is 1.66. The number of aliphatic hydroxyl groups excluding tert-OH is 1. The van der Waals surface area contributed by atoms with Gasteiger partial charge >= 0.3 is 0 Å². The van der Waals surface area contributed by atoms with E-state index in [0.717, 1.165) is 12.0 Å². The van der Waals surface area contributed by atoms with Gasteiger partial charge in [0.15, 0.2) is 0 Å². The molecule has 0 fully saturated rings. The molecule has 1 rings (SSSR count). The molecule has 0 spiro atoms. The van der Waals surface area contributed by atoms with Crippen LogP contribution >= 0.6 is 0 Å². The molecular formula is C15H24O3. The molecule has 0 aliphatic carbocycles. The Morgan fingerprint density at radius 1 is 1.11 bits per heavy atom. The Kier molecular flexibility index (Phi) is 6.94. The van der Waals surface area contributed by atoms with Gasteiger partial charge in [0.25, 0.3) is 0 Å². The van der Waals surface area contributed by atoms with Crippen LogP contribution in [0.5, 0.6) is 0 Å². The fourth-order valence-electron chi connectivity index (χ4n) is 1.66. The summed E-state index contributed by atoms with van der Waals surface area (Å²) in [4.78, 5) is 0. The SMILES string of the molecule is CCOCC(C)OCC(O)c1ccc(CC)cc1. The third-order valence-corrected chi connectivity index (χ3v) is 2.87. The van der Waals surface area contributed by atoms with Crippen molar-refractivity contribution >= 4 is 0 Å². The first-order valence-electron chi connectivity index (χ1n) is 6.63. The zero-order valence-electron chi connectivity index (χ0n) is 11.6. The summed E-state index contributed by atoms with van der Waals surface area (Å²) in [5.41, 5.74) is 2.17. The summed E-state index contributed by atoms with van der Waals surface area (Å²) < 4.78 is 10.8. The van der Waals surface area contributed by atoms with Crippen molar-refractivity contribution in [3.8, 4) is 0 Å². The maximum absolute atomic E-state index is 9.99. The fraction of sp³-hybridized carbons (Fsp3) is 0.600. The number of aliphatic hydroxyl groups is 1. The molecule has 0 bridgehead atoms. The Morgan fingerprint density at radius 3 is 2.33 bits per heavy atom. The van der Waals surface area contributed by atoms with E-state index in [1.807, 2.05) is 38.1 Å². The highest BCUT2D eigenvalue weighted by Gasteiger charge is 2.10. The first-order valence-corrected chi connectivity index (χ1v) is 6.63. The highest BCUT2D eigenvalue weighted by molar-refractivity contribution is 5.24. The summed E-state index contributed by atoms with van der Waals surface area (Å²) in [6.07, 6.45) is 0.452. The molecular weight excluding hydrogens is 228 g/mol. The van der Waals surface area contributed by atoms with E-state index in [0.29, 0.717) is 19.8 Å². The van der Waals surface area contributed by atoms with Gasteiger partial charge in [0.1, 0.15) is 6.10 Å². The summed E-state index contributed by atoms with van der Waals surface area (Å²) in [5.74, 6) is 0. The number of ether oxygens (including phenoxy) is 2. The van der Waals surface area contributed by atoms with E-state index in [1.165, 1.54) is 5.56 Å². The predicted molar refractivity (Wildman–Crippen MR) is 72.7 cm³/mol. The lowest BCUT2D eigenvalue weighted by atomic mass is 10.1. The van der Waals surface area contributed by atoms with E-state index in [2.05, 4.69) is 6.92 Å². The standard InChI is InChI=1S/C15H24O3/c1-4-13-6-8-14(9-7-13)15(16)11-18-12(3)10-17-5-2/h6-9,12,15-16H,4-5,10-11H2,1-3H3. The van der Waals surface area contributed by atoms with Crippen LogP contribution in [0.1, 0.15) is 38.0 Å². The van der Waals surface area contributed by atoms with Crippen molar-refractivity contribution in [1.82, 2.24) is 0 Å². The molecule has 1 aromatic rings. The lowest BCUT2D eigenvalue weighted by molar-refractivity contribution is -0.0395. The molecule has 18 heavy (non-hydrogen) atoms. The minimum atomic E-state index is -0.569. The van der Waals surface area contributed by atoms with Crippen molar-refractivity contribution < 1.29 is 14.6 Å². The molecule has 3 heteroatoms. The summed E-state index contributed by atoms with van der Waals surface area (Å²) in [6.45, 7) is 7.58. The number of hydrogen-bond acceptors (Lipinski definition) is 3. The van der Waals surface area contributed by atoms with Gasteiger partial charge < -0.3 is 14.6 Å². The van der Waals surface area contributed by atoms with Gasteiger partial charge in [0.05, 0.1) is 19.3 Å². The van der Waals surface area contributed by atoms with Gasteiger partial charge in [-0.2, -0.15) is 0 Å². The van der Waals surface area contributed by atoms with E-state index in [4.69, 9.17) is 9.47 Å². The van der Waals surface area contributed by atoms with Gasteiger partial charge in [0, 0.05) is 6.61 Å². The molecule has 1 aromatic carbocycles. The molecule has 2 unspecified atom stereocenters. The summed E-state index contributed by atoms with van der Waals surface area (Å²) in [7, 11) is 0. The molecule has 0 aliphatic heterocycles. The average Bonchev–Trinajstić information content (AvgIpc) is 2.42. The number of rotatable bonds is 8. The predicted octanol–water partition coefficient (Wildman–Crippen LogP) is 2.72. The molecule has 102 valence electrons. The van der Waals surface area contributed by atoms with Crippen LogP contribution in [-0.4, -0.2) is 31.0 Å². The van der Waals surface area contributed by atoms with Crippen LogP contribution in [0, 0.1) is 0 Å². The Morgan fingerprint density at radius 2 is 1.78 bits per heavy atom. The van der Waals surface area contributed by atoms with E-state index >= 15 is 0 Å². The first kappa shape index (κ1) is 15.2. The normalized spacial score (nSPS) is 14.4. The quantitative estimate of drug-likeness (QED) is 0.773. The maximum Gasteiger partial charge on any atom is 0.102 e. The van der Waals surface area contributed by atoms with Gasteiger partial charge in [-0.1, -0.05) is 31.2 Å². The van der Waals surface area contributed by atoms with Crippen LogP contribution < -0.4 is 0 Å². The van der Waals surface area contributed by atoms with Crippen molar-refractivity contribution in [1.29, 1.82) is 0 Å². The number of hydrogen-bond donors (Lipinski definition) is 1. The summed E-state index contributed by atoms with van der Waals surface area (Å²) in [5, 5.41) is 9.99. The van der Waals surface area contributed by atoms with E-state index in [-0.39, 0.29) is 6.10 Å². The minimum absolute atomic E-state index is 0.00881. The van der Waals surface area contributed by atoms with Crippen molar-refractivity contribution in [3.05, 3.63) is 35.4 Å². The monoisotopic (exact) mass is 252 g/mol. The van der Waals surface area contributed by atoms with Crippen molar-refractivity contribution in [2.24, 2.45) is 0 Å². The Balaban J connectivity index is 2.37. The van der Waals surface area contributed by atoms with E-state index < -0.39 is 6.10 Å². The molecule has 0 amide bonds. The third kappa shape index (κ3) is 5.17. The molecule has 0 radical (unpaired) electrons. The number of benzene rings is 1. The van der Waals surface area contributed by atoms with E-state index in [1.54, 1.807) is 0 Å². The summed E-state index contributed by atoms with van der Waals surface area (Å²) in [6, 6.07) is 8.00. The second kappa shape index (κ2) is 8.25. The van der Waals surface area contributed by atoms with Crippen molar-refractivity contribution in [2.45, 2.75) is 39.4 Å². The zero-order chi connectivity index (χ0) is 13.4. The van der Waals surface area contributed by atoms with Gasteiger partial charge in [-0.05, 0) is 31.4 Å². The van der Waals surface area contributed by atoms with Crippen LogP contribution in [0.4, 0.5) is 0 Å². The van der Waals surface area contributed by atoms with Crippen LogP contribution in [0.25, 0.3) is 0 Å². The third-order valence-electron chi connectivity index (χ3n) is 2.87. The topological polar surface area (TPSA) is 38.7 Å². The summed E-state index contributed by atoms with van der Waals surface area (Å²) >= 11 is 0. The Bertz CT molecular complexity index is 321. The smallest absolute Gasteiger partial charge is 0.102 e. The first-order chi connectivity index (χ1) is 8.67. The maximum atomic E-state index is 9.99. The second-order valence-electron chi connectivity index (χ2n) is 4.41. The Labute approximate surface area is 110 Å². The highest BCUT2D eigenvalue weighted by atomic mass is 16.5. The van der Waals surface area contributed by atoms with Gasteiger partial charge in [-0.15, -0.1) is 0 Å². The molecule has 0 aromatic heterocycles. The Hall–Kier alpha value is -0.900. The van der Waals surface area contributed by atoms with Crippen LogP contribution in [0.3, 0.4) is 0 Å². The molecule has 3 nitrogen and oxygen atoms in total. The lowest BCUT2D eigenvalue weighted by Crippen LogP contribution is -2.19. The van der Waals surface area contributed by atoms with Gasteiger partial charge in [-0.3, -0.25) is 0 Å². The largest absolute Gasteiger partial charge is 0.386 e. The minimum Gasteiger partial charge on any atom is -0.386 e. The van der Waals surface area contributed by atoms with Gasteiger partial charge in [0.2, 0.25) is 0 Å². The molecule has 0 saturated heterocycles. The van der Waals surface area contributed by atoms with E-state index in [9.17, 15) is 5.11 Å². The molecule has 0 aliphatic rings. The molecule has 2 atom stereocenters. The second-order valence-corrected chi connectivity index (χ2v) is 4.41. The molecule has 0 saturated carbocycles.